The molecule has 19 heavy (non-hydrogen) atoms. The second-order valence-electron chi connectivity index (χ2n) is 4.44. The highest BCUT2D eigenvalue weighted by Crippen LogP contribution is 2.12. The Kier molecular flexibility index (Phi) is 4.27. The van der Waals surface area contributed by atoms with Crippen molar-refractivity contribution >= 4 is 0 Å². The zero-order valence-corrected chi connectivity index (χ0v) is 11.4. The molecule has 2 N–H and O–H groups in total. The largest absolute Gasteiger partial charge is 0.326 e. The average molecular weight is 262 g/mol. The lowest BCUT2D eigenvalue weighted by Crippen LogP contribution is -2.08. The van der Waals surface area contributed by atoms with Crippen LogP contribution in [0.3, 0.4) is 0 Å². The van der Waals surface area contributed by atoms with Crippen LogP contribution in [0.5, 0.6) is 0 Å². The van der Waals surface area contributed by atoms with Crippen molar-refractivity contribution in [1.82, 2.24) is 14.8 Å². The van der Waals surface area contributed by atoms with Gasteiger partial charge in [0.1, 0.15) is 11.6 Å². The summed E-state index contributed by atoms with van der Waals surface area (Å²) in [7, 11) is 0. The van der Waals surface area contributed by atoms with Crippen LogP contribution in [0.2, 0.25) is 0 Å². The Morgan fingerprint density at radius 1 is 1.26 bits per heavy atom. The van der Waals surface area contributed by atoms with Gasteiger partial charge < -0.3 is 5.73 Å². The Hall–Kier alpha value is -1.75. The van der Waals surface area contributed by atoms with Crippen LogP contribution in [0.1, 0.15) is 36.6 Å². The first-order chi connectivity index (χ1) is 9.17. The molecule has 0 spiro atoms. The number of hydrogen-bond acceptors (Lipinski definition) is 3. The highest BCUT2D eigenvalue weighted by molar-refractivity contribution is 5.25. The van der Waals surface area contributed by atoms with Crippen molar-refractivity contribution in [1.29, 1.82) is 0 Å². The number of benzene rings is 1. The van der Waals surface area contributed by atoms with E-state index >= 15 is 0 Å². The van der Waals surface area contributed by atoms with E-state index in [1.807, 2.05) is 11.6 Å². The number of aryl methyl sites for hydroxylation is 2. The molecule has 1 aromatic heterocycles. The fourth-order valence-electron chi connectivity index (χ4n) is 2.02. The SMILES string of the molecule is CCc1nc(CC)n(Cc2ccc(F)c(CN)c2)n1. The minimum absolute atomic E-state index is 0.206. The van der Waals surface area contributed by atoms with Crippen molar-refractivity contribution < 1.29 is 4.39 Å². The normalized spacial score (nSPS) is 10.9. The third-order valence-electron chi connectivity index (χ3n) is 3.09. The Morgan fingerprint density at radius 3 is 2.68 bits per heavy atom. The topological polar surface area (TPSA) is 56.7 Å². The van der Waals surface area contributed by atoms with Crippen LogP contribution in [0.15, 0.2) is 18.2 Å². The molecule has 0 aliphatic rings. The summed E-state index contributed by atoms with van der Waals surface area (Å²) in [5.41, 5.74) is 7.04. The van der Waals surface area contributed by atoms with Gasteiger partial charge in [-0.05, 0) is 17.7 Å². The van der Waals surface area contributed by atoms with Gasteiger partial charge in [-0.3, -0.25) is 0 Å². The Morgan fingerprint density at radius 2 is 2.05 bits per heavy atom. The van der Waals surface area contributed by atoms with E-state index in [0.29, 0.717) is 12.1 Å². The number of nitrogens with two attached hydrogens (primary N) is 1. The highest BCUT2D eigenvalue weighted by atomic mass is 19.1. The van der Waals surface area contributed by atoms with Gasteiger partial charge in [0.25, 0.3) is 0 Å². The van der Waals surface area contributed by atoms with Gasteiger partial charge in [-0.25, -0.2) is 14.1 Å². The molecule has 5 heteroatoms. The van der Waals surface area contributed by atoms with Gasteiger partial charge in [-0.2, -0.15) is 5.10 Å². The summed E-state index contributed by atoms with van der Waals surface area (Å²) < 4.78 is 15.3. The number of nitrogens with zero attached hydrogens (tertiary/aromatic N) is 3. The van der Waals surface area contributed by atoms with E-state index in [1.54, 1.807) is 12.1 Å². The summed E-state index contributed by atoms with van der Waals surface area (Å²) in [6.45, 7) is 4.89. The van der Waals surface area contributed by atoms with Gasteiger partial charge in [0.05, 0.1) is 6.54 Å². The van der Waals surface area contributed by atoms with Crippen LogP contribution in [0.25, 0.3) is 0 Å². The molecule has 1 heterocycles. The molecular weight excluding hydrogens is 243 g/mol. The zero-order valence-electron chi connectivity index (χ0n) is 11.4. The monoisotopic (exact) mass is 262 g/mol. The second kappa shape index (κ2) is 5.93. The lowest BCUT2D eigenvalue weighted by molar-refractivity contribution is 0.603. The quantitative estimate of drug-likeness (QED) is 0.897. The Balaban J connectivity index is 2.27. The first kappa shape index (κ1) is 13.7. The van der Waals surface area contributed by atoms with Crippen LogP contribution < -0.4 is 5.73 Å². The summed E-state index contributed by atoms with van der Waals surface area (Å²) in [5, 5.41) is 4.45. The van der Waals surface area contributed by atoms with Crippen LogP contribution in [0, 0.1) is 5.82 Å². The van der Waals surface area contributed by atoms with Crippen LogP contribution in [-0.2, 0) is 25.9 Å². The first-order valence-corrected chi connectivity index (χ1v) is 6.57. The molecule has 0 unspecified atom stereocenters. The molecule has 0 fully saturated rings. The summed E-state index contributed by atoms with van der Waals surface area (Å²) in [6.07, 6.45) is 1.65. The maximum Gasteiger partial charge on any atom is 0.150 e. The fraction of sp³-hybridized carbons (Fsp3) is 0.429. The first-order valence-electron chi connectivity index (χ1n) is 6.57. The number of halogens is 1. The minimum Gasteiger partial charge on any atom is -0.326 e. The molecule has 0 atom stereocenters. The van der Waals surface area contributed by atoms with E-state index in [-0.39, 0.29) is 12.4 Å². The molecule has 0 amide bonds. The molecular formula is C14H19FN4. The molecule has 0 saturated carbocycles. The predicted molar refractivity (Wildman–Crippen MR) is 72.2 cm³/mol. The molecule has 1 aromatic carbocycles. The molecule has 0 aliphatic heterocycles. The van der Waals surface area contributed by atoms with Crippen molar-refractivity contribution in [3.8, 4) is 0 Å². The maximum absolute atomic E-state index is 13.4. The van der Waals surface area contributed by atoms with Crippen molar-refractivity contribution in [3.05, 3.63) is 46.8 Å². The lowest BCUT2D eigenvalue weighted by atomic mass is 10.1. The third-order valence-corrected chi connectivity index (χ3v) is 3.09. The van der Waals surface area contributed by atoms with Crippen molar-refractivity contribution in [2.24, 2.45) is 5.73 Å². The van der Waals surface area contributed by atoms with E-state index in [4.69, 9.17) is 5.73 Å². The molecule has 0 saturated heterocycles. The Labute approximate surface area is 112 Å². The molecule has 102 valence electrons. The molecule has 2 rings (SSSR count). The lowest BCUT2D eigenvalue weighted by Gasteiger charge is -2.07. The number of rotatable bonds is 5. The van der Waals surface area contributed by atoms with E-state index in [2.05, 4.69) is 17.0 Å². The van der Waals surface area contributed by atoms with E-state index in [1.165, 1.54) is 6.07 Å². The van der Waals surface area contributed by atoms with Gasteiger partial charge in [-0.1, -0.05) is 19.9 Å². The summed E-state index contributed by atoms with van der Waals surface area (Å²) >= 11 is 0. The van der Waals surface area contributed by atoms with Crippen molar-refractivity contribution in [2.75, 3.05) is 0 Å². The molecule has 0 bridgehead atoms. The number of aromatic nitrogens is 3. The zero-order chi connectivity index (χ0) is 13.8. The third kappa shape index (κ3) is 2.98. The van der Waals surface area contributed by atoms with Gasteiger partial charge in [-0.15, -0.1) is 0 Å². The standard InChI is InChI=1S/C14H19FN4/c1-3-13-17-14(4-2)19(18-13)9-10-5-6-12(15)11(7-10)8-16/h5-7H,3-4,8-9,16H2,1-2H3. The molecule has 2 aromatic rings. The van der Waals surface area contributed by atoms with Crippen molar-refractivity contribution in [3.63, 3.8) is 0 Å². The van der Waals surface area contributed by atoms with Crippen LogP contribution in [0.4, 0.5) is 4.39 Å². The van der Waals surface area contributed by atoms with E-state index in [0.717, 1.165) is 30.1 Å². The maximum atomic E-state index is 13.4. The van der Waals surface area contributed by atoms with Gasteiger partial charge >= 0.3 is 0 Å². The predicted octanol–water partition coefficient (Wildman–Crippen LogP) is 2.05. The number of hydrogen-bond donors (Lipinski definition) is 1. The summed E-state index contributed by atoms with van der Waals surface area (Å²) in [6, 6.07) is 5.02. The second-order valence-corrected chi connectivity index (χ2v) is 4.44. The van der Waals surface area contributed by atoms with Crippen LogP contribution >= 0.6 is 0 Å². The van der Waals surface area contributed by atoms with Crippen LogP contribution in [-0.4, -0.2) is 14.8 Å². The average Bonchev–Trinajstić information content (AvgIpc) is 2.83. The van der Waals surface area contributed by atoms with Gasteiger partial charge in [0.2, 0.25) is 0 Å². The fourth-order valence-corrected chi connectivity index (χ4v) is 2.02. The highest BCUT2D eigenvalue weighted by Gasteiger charge is 2.09. The summed E-state index contributed by atoms with van der Waals surface area (Å²) in [4.78, 5) is 4.46. The van der Waals surface area contributed by atoms with Gasteiger partial charge in [0.15, 0.2) is 5.82 Å². The minimum atomic E-state index is -0.255. The molecule has 4 nitrogen and oxygen atoms in total. The molecule has 0 aliphatic carbocycles. The smallest absolute Gasteiger partial charge is 0.150 e. The molecule has 0 radical (unpaired) electrons. The van der Waals surface area contributed by atoms with E-state index in [9.17, 15) is 4.39 Å². The van der Waals surface area contributed by atoms with Gasteiger partial charge in [0, 0.05) is 24.9 Å². The van der Waals surface area contributed by atoms with E-state index < -0.39 is 0 Å². The Bertz CT molecular complexity index is 563. The van der Waals surface area contributed by atoms with Crippen molar-refractivity contribution in [2.45, 2.75) is 39.8 Å². The summed E-state index contributed by atoms with van der Waals surface area (Å²) in [5.74, 6) is 1.54.